The van der Waals surface area contributed by atoms with Crippen LogP contribution in [-0.4, -0.2) is 24.6 Å². The zero-order valence-electron chi connectivity index (χ0n) is 13.3. The van der Waals surface area contributed by atoms with Gasteiger partial charge in [0.05, 0.1) is 18.7 Å². The molecule has 1 N–H and O–H groups in total. The molecule has 2 aromatic carbocycles. The highest BCUT2D eigenvalue weighted by molar-refractivity contribution is 9.10. The molecule has 25 heavy (non-hydrogen) atoms. The number of aromatic nitrogens is 1. The van der Waals surface area contributed by atoms with Crippen molar-refractivity contribution in [2.75, 3.05) is 19.0 Å². The summed E-state index contributed by atoms with van der Waals surface area (Å²) in [5, 5.41) is 7.33. The van der Waals surface area contributed by atoms with Crippen LogP contribution in [0.25, 0.3) is 11.3 Å². The van der Waals surface area contributed by atoms with Crippen LogP contribution in [0.15, 0.2) is 57.5 Å². The zero-order chi connectivity index (χ0) is 17.8. The Balaban J connectivity index is 1.65. The van der Waals surface area contributed by atoms with Crippen LogP contribution >= 0.6 is 27.5 Å². The van der Waals surface area contributed by atoms with Gasteiger partial charge in [-0.15, -0.1) is 0 Å². The molecule has 0 saturated carbocycles. The van der Waals surface area contributed by atoms with E-state index >= 15 is 0 Å². The van der Waals surface area contributed by atoms with Crippen molar-refractivity contribution in [3.8, 4) is 17.0 Å². The van der Waals surface area contributed by atoms with Crippen LogP contribution in [0.5, 0.6) is 5.75 Å². The van der Waals surface area contributed by atoms with Gasteiger partial charge in [-0.3, -0.25) is 4.79 Å². The van der Waals surface area contributed by atoms with E-state index in [1.54, 1.807) is 24.3 Å². The predicted octanol–water partition coefficient (Wildman–Crippen LogP) is 5.06. The number of nitrogens with one attached hydrogen (secondary N) is 1. The van der Waals surface area contributed by atoms with Crippen molar-refractivity contribution in [2.24, 2.45) is 0 Å². The van der Waals surface area contributed by atoms with Crippen molar-refractivity contribution >= 4 is 39.2 Å². The normalized spacial score (nSPS) is 10.5. The van der Waals surface area contributed by atoms with Crippen LogP contribution < -0.4 is 10.1 Å². The second kappa shape index (κ2) is 7.72. The molecule has 0 atom stereocenters. The number of carbonyl (C=O) groups is 1. The molecule has 1 aromatic heterocycles. The summed E-state index contributed by atoms with van der Waals surface area (Å²) in [5.41, 5.74) is 2.11. The maximum atomic E-state index is 12.3. The molecule has 5 nitrogen and oxygen atoms in total. The number of ether oxygens (including phenoxy) is 1. The molecule has 3 aromatic rings. The van der Waals surface area contributed by atoms with Crippen LogP contribution in [0.3, 0.4) is 0 Å². The maximum Gasteiger partial charge on any atom is 0.225 e. The van der Waals surface area contributed by atoms with Gasteiger partial charge < -0.3 is 14.6 Å². The Labute approximate surface area is 158 Å². The Morgan fingerprint density at radius 3 is 2.68 bits per heavy atom. The van der Waals surface area contributed by atoms with E-state index in [0.29, 0.717) is 27.9 Å². The Hall–Kier alpha value is -2.31. The number of Topliss-reactive ketones (excluding diaryl/α,β-unsaturated/α-hetero) is 1. The summed E-state index contributed by atoms with van der Waals surface area (Å²) < 4.78 is 11.3. The van der Waals surface area contributed by atoms with E-state index in [2.05, 4.69) is 26.4 Å². The number of methoxy groups -OCH3 is 1. The topological polar surface area (TPSA) is 64.4 Å². The SMILES string of the molecule is COc1ccc(C(=O)CNc2cc(-c3ccc(Br)cc3)no2)cc1Cl. The first-order chi connectivity index (χ1) is 12.1. The van der Waals surface area contributed by atoms with Crippen molar-refractivity contribution in [3.05, 3.63) is 63.6 Å². The smallest absolute Gasteiger partial charge is 0.225 e. The molecule has 0 aliphatic heterocycles. The summed E-state index contributed by atoms with van der Waals surface area (Å²) in [4.78, 5) is 12.3. The van der Waals surface area contributed by atoms with Gasteiger partial charge >= 0.3 is 0 Å². The number of hydrogen-bond donors (Lipinski definition) is 1. The zero-order valence-corrected chi connectivity index (χ0v) is 15.6. The first-order valence-electron chi connectivity index (χ1n) is 7.40. The molecular formula is C18H14BrClN2O3. The molecule has 0 amide bonds. The van der Waals surface area contributed by atoms with Gasteiger partial charge in [0.2, 0.25) is 5.88 Å². The lowest BCUT2D eigenvalue weighted by molar-refractivity contribution is 0.101. The van der Waals surface area contributed by atoms with Crippen LogP contribution in [-0.2, 0) is 0 Å². The van der Waals surface area contributed by atoms with Gasteiger partial charge in [-0.1, -0.05) is 44.8 Å². The van der Waals surface area contributed by atoms with E-state index < -0.39 is 0 Å². The number of benzene rings is 2. The number of carbonyl (C=O) groups excluding carboxylic acids is 1. The average Bonchev–Trinajstić information content (AvgIpc) is 3.09. The predicted molar refractivity (Wildman–Crippen MR) is 100 cm³/mol. The molecule has 0 unspecified atom stereocenters. The molecule has 0 fully saturated rings. The minimum Gasteiger partial charge on any atom is -0.495 e. The molecule has 3 rings (SSSR count). The first kappa shape index (κ1) is 17.5. The van der Waals surface area contributed by atoms with Gasteiger partial charge in [-0.25, -0.2) is 0 Å². The van der Waals surface area contributed by atoms with Crippen molar-refractivity contribution < 1.29 is 14.1 Å². The molecule has 0 aliphatic carbocycles. The van der Waals surface area contributed by atoms with Gasteiger partial charge in [0.15, 0.2) is 5.78 Å². The van der Waals surface area contributed by atoms with Crippen LogP contribution in [0.4, 0.5) is 5.88 Å². The molecule has 0 aliphatic rings. The number of hydrogen-bond acceptors (Lipinski definition) is 5. The third-order valence-corrected chi connectivity index (χ3v) is 4.37. The van der Waals surface area contributed by atoms with Gasteiger partial charge in [-0.2, -0.15) is 0 Å². The second-order valence-corrected chi connectivity index (χ2v) is 6.53. The number of ketones is 1. The fraction of sp³-hybridized carbons (Fsp3) is 0.111. The lowest BCUT2D eigenvalue weighted by Gasteiger charge is -2.06. The Morgan fingerprint density at radius 1 is 1.24 bits per heavy atom. The lowest BCUT2D eigenvalue weighted by atomic mass is 10.1. The largest absolute Gasteiger partial charge is 0.495 e. The highest BCUT2D eigenvalue weighted by Crippen LogP contribution is 2.26. The lowest BCUT2D eigenvalue weighted by Crippen LogP contribution is -2.13. The van der Waals surface area contributed by atoms with Crippen LogP contribution in [0.2, 0.25) is 5.02 Å². The van der Waals surface area contributed by atoms with E-state index in [-0.39, 0.29) is 12.3 Å². The fourth-order valence-electron chi connectivity index (χ4n) is 2.22. The standard InChI is InChI=1S/C18H14BrClN2O3/c1-24-17-7-4-12(8-14(17)20)16(23)10-21-18-9-15(22-25-18)11-2-5-13(19)6-3-11/h2-9,21H,10H2,1H3. The minimum absolute atomic E-state index is 0.0671. The summed E-state index contributed by atoms with van der Waals surface area (Å²) in [6.07, 6.45) is 0. The van der Waals surface area contributed by atoms with Crippen molar-refractivity contribution in [1.82, 2.24) is 5.16 Å². The number of anilines is 1. The van der Waals surface area contributed by atoms with Crippen molar-refractivity contribution in [2.45, 2.75) is 0 Å². The van der Waals surface area contributed by atoms with Gasteiger partial charge in [0.25, 0.3) is 0 Å². The summed E-state index contributed by atoms with van der Waals surface area (Å²) in [5.74, 6) is 0.831. The van der Waals surface area contributed by atoms with E-state index in [9.17, 15) is 4.79 Å². The minimum atomic E-state index is -0.119. The second-order valence-electron chi connectivity index (χ2n) is 5.21. The Bertz CT molecular complexity index is 894. The van der Waals surface area contributed by atoms with Gasteiger partial charge in [0.1, 0.15) is 11.4 Å². The molecule has 1 heterocycles. The molecular weight excluding hydrogens is 408 g/mol. The van der Waals surface area contributed by atoms with Crippen LogP contribution in [0.1, 0.15) is 10.4 Å². The third kappa shape index (κ3) is 4.21. The van der Waals surface area contributed by atoms with E-state index in [1.807, 2.05) is 24.3 Å². The highest BCUT2D eigenvalue weighted by atomic mass is 79.9. The van der Waals surface area contributed by atoms with E-state index in [0.717, 1.165) is 10.0 Å². The van der Waals surface area contributed by atoms with E-state index in [1.165, 1.54) is 7.11 Å². The quantitative estimate of drug-likeness (QED) is 0.564. The van der Waals surface area contributed by atoms with Gasteiger partial charge in [-0.05, 0) is 30.3 Å². The van der Waals surface area contributed by atoms with E-state index in [4.69, 9.17) is 20.9 Å². The Kier molecular flexibility index (Phi) is 5.40. The van der Waals surface area contributed by atoms with Crippen LogP contribution in [0, 0.1) is 0 Å². The van der Waals surface area contributed by atoms with Crippen molar-refractivity contribution in [3.63, 3.8) is 0 Å². The summed E-state index contributed by atoms with van der Waals surface area (Å²) in [6, 6.07) is 14.4. The molecule has 0 saturated heterocycles. The fourth-order valence-corrected chi connectivity index (χ4v) is 2.75. The molecule has 128 valence electrons. The summed E-state index contributed by atoms with van der Waals surface area (Å²) in [6.45, 7) is 0.0671. The highest BCUT2D eigenvalue weighted by Gasteiger charge is 2.11. The number of halogens is 2. The Morgan fingerprint density at radius 2 is 2.00 bits per heavy atom. The monoisotopic (exact) mass is 420 g/mol. The number of rotatable bonds is 6. The molecule has 7 heteroatoms. The van der Waals surface area contributed by atoms with Gasteiger partial charge in [0, 0.05) is 21.7 Å². The molecule has 0 radical (unpaired) electrons. The molecule has 0 bridgehead atoms. The first-order valence-corrected chi connectivity index (χ1v) is 8.57. The van der Waals surface area contributed by atoms with Crippen molar-refractivity contribution in [1.29, 1.82) is 0 Å². The number of nitrogens with zero attached hydrogens (tertiary/aromatic N) is 1. The maximum absolute atomic E-state index is 12.3. The average molecular weight is 422 g/mol. The summed E-state index contributed by atoms with van der Waals surface area (Å²) in [7, 11) is 1.52. The summed E-state index contributed by atoms with van der Waals surface area (Å²) >= 11 is 9.43. The molecule has 0 spiro atoms. The third-order valence-electron chi connectivity index (χ3n) is 3.55.